The van der Waals surface area contributed by atoms with E-state index in [-0.39, 0.29) is 12.3 Å². The van der Waals surface area contributed by atoms with Crippen LogP contribution in [0.5, 0.6) is 0 Å². The number of H-pyrrole nitrogens is 1. The minimum atomic E-state index is -0.552. The summed E-state index contributed by atoms with van der Waals surface area (Å²) in [4.78, 5) is 35.7. The van der Waals surface area contributed by atoms with E-state index in [4.69, 9.17) is 10.2 Å². The number of amides is 2. The standard InChI is InChI=1S/C21H17N5O3/c22-20(28)15(13-4-2-1-3-5-13)10-14-12-25-21-19(14)16(6-7-24-21)26-17(27)11-18-23-8-9-29-18/h1-10,12H,11H2,(H2,22,28)(H2,24,25,26,27)/b15-10+. The molecule has 0 aliphatic heterocycles. The highest BCUT2D eigenvalue weighted by atomic mass is 16.3. The number of aromatic nitrogens is 3. The summed E-state index contributed by atoms with van der Waals surface area (Å²) in [5.74, 6) is -0.514. The van der Waals surface area contributed by atoms with E-state index >= 15 is 0 Å². The van der Waals surface area contributed by atoms with Crippen LogP contribution >= 0.6 is 0 Å². The number of carbonyl (C=O) groups excluding carboxylic acids is 2. The number of primary amides is 1. The van der Waals surface area contributed by atoms with Crippen LogP contribution in [-0.2, 0) is 16.0 Å². The van der Waals surface area contributed by atoms with Crippen molar-refractivity contribution in [2.75, 3.05) is 5.32 Å². The van der Waals surface area contributed by atoms with E-state index in [0.29, 0.717) is 39.3 Å². The number of aromatic amines is 1. The number of anilines is 1. The van der Waals surface area contributed by atoms with Crippen LogP contribution in [0.15, 0.2) is 65.7 Å². The van der Waals surface area contributed by atoms with Gasteiger partial charge in [-0.1, -0.05) is 30.3 Å². The molecule has 0 saturated carbocycles. The second-order valence-electron chi connectivity index (χ2n) is 6.27. The summed E-state index contributed by atoms with van der Waals surface area (Å²) in [5, 5.41) is 3.52. The van der Waals surface area contributed by atoms with E-state index < -0.39 is 5.91 Å². The van der Waals surface area contributed by atoms with Crippen LogP contribution in [0.1, 0.15) is 17.0 Å². The maximum absolute atomic E-state index is 12.4. The summed E-state index contributed by atoms with van der Waals surface area (Å²) in [6.45, 7) is 0. The lowest BCUT2D eigenvalue weighted by molar-refractivity contribution is -0.116. The van der Waals surface area contributed by atoms with Gasteiger partial charge in [0.2, 0.25) is 17.7 Å². The predicted molar refractivity (Wildman–Crippen MR) is 108 cm³/mol. The largest absolute Gasteiger partial charge is 0.448 e. The lowest BCUT2D eigenvalue weighted by Crippen LogP contribution is -2.15. The number of fused-ring (bicyclic) bond motifs is 1. The highest BCUT2D eigenvalue weighted by Gasteiger charge is 2.15. The number of benzene rings is 1. The van der Waals surface area contributed by atoms with Crippen LogP contribution in [0.2, 0.25) is 0 Å². The van der Waals surface area contributed by atoms with Gasteiger partial charge in [-0.05, 0) is 17.7 Å². The molecule has 1 aromatic carbocycles. The molecule has 0 unspecified atom stereocenters. The van der Waals surface area contributed by atoms with Crippen molar-refractivity contribution in [3.05, 3.63) is 78.3 Å². The smallest absolute Gasteiger partial charge is 0.249 e. The average Bonchev–Trinajstić information content (AvgIpc) is 3.37. The molecule has 0 radical (unpaired) electrons. The van der Waals surface area contributed by atoms with Crippen molar-refractivity contribution in [3.8, 4) is 0 Å². The summed E-state index contributed by atoms with van der Waals surface area (Å²) in [5.41, 5.74) is 8.46. The SMILES string of the molecule is NC(=O)/C(=C/c1c[nH]c2nccc(NC(=O)Cc3ncco3)c12)c1ccccc1. The van der Waals surface area contributed by atoms with Crippen molar-refractivity contribution in [1.29, 1.82) is 0 Å². The molecule has 0 bridgehead atoms. The molecule has 0 atom stereocenters. The normalized spacial score (nSPS) is 11.5. The molecule has 4 aromatic rings. The van der Waals surface area contributed by atoms with E-state index in [9.17, 15) is 9.59 Å². The van der Waals surface area contributed by atoms with Crippen molar-refractivity contribution in [2.45, 2.75) is 6.42 Å². The summed E-state index contributed by atoms with van der Waals surface area (Å²) in [6, 6.07) is 10.8. The molecule has 8 heteroatoms. The predicted octanol–water partition coefficient (Wildman–Crippen LogP) is 2.76. The number of nitrogens with zero attached hydrogens (tertiary/aromatic N) is 2. The molecule has 2 amide bonds. The summed E-state index contributed by atoms with van der Waals surface area (Å²) in [7, 11) is 0. The molecule has 0 aliphatic carbocycles. The number of nitrogens with one attached hydrogen (secondary N) is 2. The Morgan fingerprint density at radius 1 is 1.14 bits per heavy atom. The van der Waals surface area contributed by atoms with Gasteiger partial charge in [-0.2, -0.15) is 0 Å². The van der Waals surface area contributed by atoms with Gasteiger partial charge in [0, 0.05) is 28.9 Å². The van der Waals surface area contributed by atoms with Crippen LogP contribution in [0.25, 0.3) is 22.7 Å². The molecule has 3 aromatic heterocycles. The first kappa shape index (κ1) is 18.2. The third-order valence-corrected chi connectivity index (χ3v) is 4.32. The number of hydrogen-bond acceptors (Lipinski definition) is 5. The Morgan fingerprint density at radius 2 is 1.97 bits per heavy atom. The quantitative estimate of drug-likeness (QED) is 0.438. The summed E-state index contributed by atoms with van der Waals surface area (Å²) < 4.78 is 5.11. The molecule has 4 N–H and O–H groups in total. The lowest BCUT2D eigenvalue weighted by Gasteiger charge is -2.07. The number of nitrogens with two attached hydrogens (primary N) is 1. The van der Waals surface area contributed by atoms with Crippen LogP contribution in [0.3, 0.4) is 0 Å². The zero-order valence-corrected chi connectivity index (χ0v) is 15.3. The minimum Gasteiger partial charge on any atom is -0.448 e. The zero-order chi connectivity index (χ0) is 20.2. The highest BCUT2D eigenvalue weighted by molar-refractivity contribution is 6.24. The van der Waals surface area contributed by atoms with Gasteiger partial charge >= 0.3 is 0 Å². The molecule has 144 valence electrons. The highest BCUT2D eigenvalue weighted by Crippen LogP contribution is 2.29. The second-order valence-corrected chi connectivity index (χ2v) is 6.27. The van der Waals surface area contributed by atoms with E-state index in [1.165, 1.54) is 12.5 Å². The molecular formula is C21H17N5O3. The van der Waals surface area contributed by atoms with E-state index in [1.54, 1.807) is 24.5 Å². The zero-order valence-electron chi connectivity index (χ0n) is 15.3. The average molecular weight is 387 g/mol. The van der Waals surface area contributed by atoms with E-state index in [2.05, 4.69) is 20.3 Å². The Bertz CT molecular complexity index is 1190. The molecule has 0 saturated heterocycles. The Labute approximate surface area is 165 Å². The van der Waals surface area contributed by atoms with Crippen LogP contribution in [0, 0.1) is 0 Å². The Hall–Kier alpha value is -4.20. The Morgan fingerprint density at radius 3 is 2.69 bits per heavy atom. The topological polar surface area (TPSA) is 127 Å². The van der Waals surface area contributed by atoms with Gasteiger partial charge in [-0.3, -0.25) is 9.59 Å². The molecule has 4 rings (SSSR count). The van der Waals surface area contributed by atoms with Crippen LogP contribution in [0.4, 0.5) is 5.69 Å². The van der Waals surface area contributed by atoms with Gasteiger partial charge in [0.05, 0.1) is 11.9 Å². The molecule has 0 fully saturated rings. The Balaban J connectivity index is 1.72. The van der Waals surface area contributed by atoms with Gasteiger partial charge in [0.15, 0.2) is 0 Å². The van der Waals surface area contributed by atoms with Crippen molar-refractivity contribution < 1.29 is 14.0 Å². The fourth-order valence-electron chi connectivity index (χ4n) is 3.04. The number of hydrogen-bond donors (Lipinski definition) is 3. The van der Waals surface area contributed by atoms with Crippen molar-refractivity contribution in [1.82, 2.24) is 15.0 Å². The van der Waals surface area contributed by atoms with E-state index in [1.807, 2.05) is 30.3 Å². The van der Waals surface area contributed by atoms with Gasteiger partial charge < -0.3 is 20.5 Å². The van der Waals surface area contributed by atoms with Gasteiger partial charge in [-0.15, -0.1) is 0 Å². The van der Waals surface area contributed by atoms with E-state index in [0.717, 1.165) is 0 Å². The van der Waals surface area contributed by atoms with Crippen molar-refractivity contribution in [3.63, 3.8) is 0 Å². The molecule has 0 spiro atoms. The molecule has 0 aliphatic rings. The summed E-state index contributed by atoms with van der Waals surface area (Å²) in [6.07, 6.45) is 7.88. The molecule has 29 heavy (non-hydrogen) atoms. The number of oxazole rings is 1. The lowest BCUT2D eigenvalue weighted by atomic mass is 10.0. The second kappa shape index (κ2) is 7.81. The first-order valence-corrected chi connectivity index (χ1v) is 8.83. The molecular weight excluding hydrogens is 370 g/mol. The van der Waals surface area contributed by atoms with Crippen LogP contribution in [-0.4, -0.2) is 26.8 Å². The monoisotopic (exact) mass is 387 g/mol. The van der Waals surface area contributed by atoms with Crippen molar-refractivity contribution >= 4 is 40.2 Å². The first-order valence-electron chi connectivity index (χ1n) is 8.83. The third kappa shape index (κ3) is 3.91. The number of rotatable bonds is 6. The maximum atomic E-state index is 12.4. The summed E-state index contributed by atoms with van der Waals surface area (Å²) >= 11 is 0. The van der Waals surface area contributed by atoms with Gasteiger partial charge in [0.1, 0.15) is 18.3 Å². The molecule has 8 nitrogen and oxygen atoms in total. The van der Waals surface area contributed by atoms with Crippen LogP contribution < -0.4 is 11.1 Å². The van der Waals surface area contributed by atoms with Gasteiger partial charge in [0.25, 0.3) is 0 Å². The third-order valence-electron chi connectivity index (χ3n) is 4.32. The minimum absolute atomic E-state index is 0.00294. The number of pyridine rings is 1. The van der Waals surface area contributed by atoms with Crippen molar-refractivity contribution in [2.24, 2.45) is 5.73 Å². The Kier molecular flexibility index (Phi) is 4.90. The molecule has 3 heterocycles. The maximum Gasteiger partial charge on any atom is 0.249 e. The fourth-order valence-corrected chi connectivity index (χ4v) is 3.04. The number of carbonyl (C=O) groups is 2. The van der Waals surface area contributed by atoms with Gasteiger partial charge in [-0.25, -0.2) is 9.97 Å². The fraction of sp³-hybridized carbons (Fsp3) is 0.0476. The first-order chi connectivity index (χ1) is 14.1.